The molecule has 0 unspecified atom stereocenters. The van der Waals surface area contributed by atoms with E-state index in [1.54, 1.807) is 6.07 Å². The van der Waals surface area contributed by atoms with Gasteiger partial charge in [-0.2, -0.15) is 0 Å². The summed E-state index contributed by atoms with van der Waals surface area (Å²) >= 11 is 0. The third-order valence-electron chi connectivity index (χ3n) is 2.14. The van der Waals surface area contributed by atoms with Gasteiger partial charge >= 0.3 is 5.97 Å². The average Bonchev–Trinajstić information content (AvgIpc) is 2.29. The van der Waals surface area contributed by atoms with Crippen molar-refractivity contribution in [3.63, 3.8) is 0 Å². The highest BCUT2D eigenvalue weighted by Gasteiger charge is 2.11. The van der Waals surface area contributed by atoms with Crippen LogP contribution in [-0.4, -0.2) is 27.6 Å². The molecule has 0 amide bonds. The quantitative estimate of drug-likeness (QED) is 0.819. The lowest BCUT2D eigenvalue weighted by molar-refractivity contribution is 0.0684. The maximum atomic E-state index is 10.8. The molecule has 0 radical (unpaired) electrons. The third-order valence-corrected chi connectivity index (χ3v) is 2.14. The standard InChI is InChI=1S/C11H11N3O2/c1-2-12-9-7-5-3-4-6-8(7)13-10(14-9)11(15)16/h3-6H,2H2,1H3,(H,15,16)(H,12,13,14). The van der Waals surface area contributed by atoms with Gasteiger partial charge in [0.15, 0.2) is 0 Å². The Morgan fingerprint density at radius 2 is 2.12 bits per heavy atom. The molecule has 0 bridgehead atoms. The molecule has 0 atom stereocenters. The van der Waals surface area contributed by atoms with Gasteiger partial charge in [-0.15, -0.1) is 0 Å². The average molecular weight is 217 g/mol. The largest absolute Gasteiger partial charge is 0.475 e. The number of carboxylic acids is 1. The summed E-state index contributed by atoms with van der Waals surface area (Å²) in [5.74, 6) is -0.745. The van der Waals surface area contributed by atoms with Crippen LogP contribution in [0.2, 0.25) is 0 Å². The lowest BCUT2D eigenvalue weighted by Gasteiger charge is -2.07. The minimum Gasteiger partial charge on any atom is -0.475 e. The molecule has 5 heteroatoms. The number of hydrogen-bond donors (Lipinski definition) is 2. The Hall–Kier alpha value is -2.17. The molecule has 2 rings (SSSR count). The van der Waals surface area contributed by atoms with Crippen molar-refractivity contribution in [3.8, 4) is 0 Å². The molecule has 2 N–H and O–H groups in total. The summed E-state index contributed by atoms with van der Waals surface area (Å²) in [5.41, 5.74) is 0.630. The lowest BCUT2D eigenvalue weighted by atomic mass is 10.2. The first-order valence-corrected chi connectivity index (χ1v) is 4.96. The zero-order chi connectivity index (χ0) is 11.5. The summed E-state index contributed by atoms with van der Waals surface area (Å²) in [6.45, 7) is 2.61. The molecule has 1 aromatic carbocycles. The van der Waals surface area contributed by atoms with Crippen LogP contribution in [0.15, 0.2) is 24.3 Å². The van der Waals surface area contributed by atoms with Crippen molar-refractivity contribution in [2.24, 2.45) is 0 Å². The molecule has 1 aromatic heterocycles. The van der Waals surface area contributed by atoms with Gasteiger partial charge in [-0.05, 0) is 19.1 Å². The second-order valence-corrected chi connectivity index (χ2v) is 3.25. The number of anilines is 1. The van der Waals surface area contributed by atoms with Gasteiger partial charge in [0, 0.05) is 11.9 Å². The number of nitrogens with one attached hydrogen (secondary N) is 1. The number of benzene rings is 1. The van der Waals surface area contributed by atoms with Crippen molar-refractivity contribution >= 4 is 22.7 Å². The van der Waals surface area contributed by atoms with E-state index in [4.69, 9.17) is 5.11 Å². The number of nitrogens with zero attached hydrogens (tertiary/aromatic N) is 2. The van der Waals surface area contributed by atoms with Gasteiger partial charge in [-0.1, -0.05) is 12.1 Å². The molecule has 1 heterocycles. The molecule has 2 aromatic rings. The molecule has 16 heavy (non-hydrogen) atoms. The molecule has 0 saturated heterocycles. The number of hydrogen-bond acceptors (Lipinski definition) is 4. The van der Waals surface area contributed by atoms with Gasteiger partial charge in [0.1, 0.15) is 5.82 Å². The molecule has 0 aliphatic carbocycles. The Kier molecular flexibility index (Phi) is 2.68. The zero-order valence-corrected chi connectivity index (χ0v) is 8.77. The van der Waals surface area contributed by atoms with E-state index >= 15 is 0 Å². The van der Waals surface area contributed by atoms with Crippen LogP contribution in [0, 0.1) is 0 Å². The minimum absolute atomic E-state index is 0.186. The Bertz CT molecular complexity index is 540. The summed E-state index contributed by atoms with van der Waals surface area (Å²) in [6.07, 6.45) is 0. The van der Waals surface area contributed by atoms with Gasteiger partial charge < -0.3 is 10.4 Å². The number of para-hydroxylation sites is 1. The van der Waals surface area contributed by atoms with Crippen molar-refractivity contribution in [3.05, 3.63) is 30.1 Å². The normalized spacial score (nSPS) is 10.3. The molecule has 5 nitrogen and oxygen atoms in total. The fourth-order valence-electron chi connectivity index (χ4n) is 1.47. The number of rotatable bonds is 3. The molecule has 0 saturated carbocycles. The lowest BCUT2D eigenvalue weighted by Crippen LogP contribution is -2.08. The van der Waals surface area contributed by atoms with Gasteiger partial charge in [-0.25, -0.2) is 14.8 Å². The highest BCUT2D eigenvalue weighted by atomic mass is 16.4. The van der Waals surface area contributed by atoms with Crippen LogP contribution in [0.5, 0.6) is 0 Å². The smallest absolute Gasteiger partial charge is 0.374 e. The fraction of sp³-hybridized carbons (Fsp3) is 0.182. The van der Waals surface area contributed by atoms with E-state index in [9.17, 15) is 4.79 Å². The first-order chi connectivity index (χ1) is 7.72. The van der Waals surface area contributed by atoms with E-state index in [1.807, 2.05) is 25.1 Å². The molecule has 0 fully saturated rings. The molecular weight excluding hydrogens is 206 g/mol. The molecule has 0 aliphatic rings. The molecule has 0 spiro atoms. The summed E-state index contributed by atoms with van der Waals surface area (Å²) in [6, 6.07) is 7.31. The minimum atomic E-state index is -1.12. The Balaban J connectivity index is 2.68. The van der Waals surface area contributed by atoms with Crippen LogP contribution in [0.3, 0.4) is 0 Å². The van der Waals surface area contributed by atoms with E-state index < -0.39 is 5.97 Å². The summed E-state index contributed by atoms with van der Waals surface area (Å²) < 4.78 is 0. The van der Waals surface area contributed by atoms with E-state index in [-0.39, 0.29) is 5.82 Å². The first-order valence-electron chi connectivity index (χ1n) is 4.96. The van der Waals surface area contributed by atoms with Crippen LogP contribution in [0.25, 0.3) is 10.9 Å². The zero-order valence-electron chi connectivity index (χ0n) is 8.77. The van der Waals surface area contributed by atoms with Crippen LogP contribution >= 0.6 is 0 Å². The number of fused-ring (bicyclic) bond motifs is 1. The third kappa shape index (κ3) is 1.79. The Morgan fingerprint density at radius 1 is 1.38 bits per heavy atom. The van der Waals surface area contributed by atoms with Gasteiger partial charge in [0.05, 0.1) is 5.52 Å². The number of aromatic carboxylic acids is 1. The maximum Gasteiger partial charge on any atom is 0.374 e. The number of aromatic nitrogens is 2. The van der Waals surface area contributed by atoms with Crippen molar-refractivity contribution in [1.29, 1.82) is 0 Å². The van der Waals surface area contributed by atoms with Crippen LogP contribution in [-0.2, 0) is 0 Å². The second-order valence-electron chi connectivity index (χ2n) is 3.25. The topological polar surface area (TPSA) is 75.1 Å². The Morgan fingerprint density at radius 3 is 2.81 bits per heavy atom. The predicted octanol–water partition coefficient (Wildman–Crippen LogP) is 1.76. The van der Waals surface area contributed by atoms with Crippen molar-refractivity contribution < 1.29 is 9.90 Å². The highest BCUT2D eigenvalue weighted by molar-refractivity contribution is 5.93. The maximum absolute atomic E-state index is 10.8. The van der Waals surface area contributed by atoms with E-state index in [2.05, 4.69) is 15.3 Å². The van der Waals surface area contributed by atoms with Crippen LogP contribution in [0.1, 0.15) is 17.5 Å². The van der Waals surface area contributed by atoms with Gasteiger partial charge in [0.25, 0.3) is 0 Å². The molecule has 82 valence electrons. The van der Waals surface area contributed by atoms with E-state index in [1.165, 1.54) is 0 Å². The summed E-state index contributed by atoms with van der Waals surface area (Å²) in [7, 11) is 0. The number of carboxylic acid groups (broad SMARTS) is 1. The fourth-order valence-corrected chi connectivity index (χ4v) is 1.47. The van der Waals surface area contributed by atoms with Crippen molar-refractivity contribution in [2.45, 2.75) is 6.92 Å². The molecule has 0 aliphatic heterocycles. The predicted molar refractivity (Wildman–Crippen MR) is 60.7 cm³/mol. The van der Waals surface area contributed by atoms with E-state index in [0.717, 1.165) is 5.39 Å². The molecular formula is C11H11N3O2. The van der Waals surface area contributed by atoms with Gasteiger partial charge in [-0.3, -0.25) is 0 Å². The summed E-state index contributed by atoms with van der Waals surface area (Å²) in [4.78, 5) is 18.8. The summed E-state index contributed by atoms with van der Waals surface area (Å²) in [5, 5.41) is 12.7. The Labute approximate surface area is 92.2 Å². The first kappa shape index (κ1) is 10.4. The second kappa shape index (κ2) is 4.14. The number of carbonyl (C=O) groups is 1. The van der Waals surface area contributed by atoms with Crippen molar-refractivity contribution in [2.75, 3.05) is 11.9 Å². The van der Waals surface area contributed by atoms with Gasteiger partial charge in [0.2, 0.25) is 5.82 Å². The van der Waals surface area contributed by atoms with E-state index in [0.29, 0.717) is 17.9 Å². The highest BCUT2D eigenvalue weighted by Crippen LogP contribution is 2.19. The monoisotopic (exact) mass is 217 g/mol. The van der Waals surface area contributed by atoms with Crippen molar-refractivity contribution in [1.82, 2.24) is 9.97 Å². The van der Waals surface area contributed by atoms with Crippen LogP contribution < -0.4 is 5.32 Å². The SMILES string of the molecule is CCNc1nc(C(=O)O)nc2ccccc12. The van der Waals surface area contributed by atoms with Crippen LogP contribution in [0.4, 0.5) is 5.82 Å².